The summed E-state index contributed by atoms with van der Waals surface area (Å²) in [6.07, 6.45) is 5.27. The van der Waals surface area contributed by atoms with Crippen LogP contribution in [0.15, 0.2) is 18.2 Å². The van der Waals surface area contributed by atoms with Crippen LogP contribution in [0.2, 0.25) is 0 Å². The molecule has 0 bridgehead atoms. The normalized spacial score (nSPS) is 16.1. The van der Waals surface area contributed by atoms with Crippen molar-refractivity contribution in [3.63, 3.8) is 0 Å². The fraction of sp³-hybridized carbons (Fsp3) is 0.357. The number of nitrogens with two attached hydrogens (primary N) is 1. The van der Waals surface area contributed by atoms with Crippen molar-refractivity contribution in [2.75, 3.05) is 37.6 Å². The monoisotopic (exact) mass is 261 g/mol. The van der Waals surface area contributed by atoms with Gasteiger partial charge in [0.1, 0.15) is 5.82 Å². The predicted octanol–water partition coefficient (Wildman–Crippen LogP) is 0.680. The van der Waals surface area contributed by atoms with Gasteiger partial charge in [-0.25, -0.2) is 4.39 Å². The van der Waals surface area contributed by atoms with Crippen LogP contribution in [0.1, 0.15) is 10.4 Å². The molecule has 2 rings (SSSR count). The third-order valence-corrected chi connectivity index (χ3v) is 3.27. The van der Waals surface area contributed by atoms with E-state index in [0.29, 0.717) is 6.54 Å². The van der Waals surface area contributed by atoms with E-state index >= 15 is 0 Å². The molecule has 0 spiro atoms. The molecule has 1 fully saturated rings. The van der Waals surface area contributed by atoms with Gasteiger partial charge in [0.2, 0.25) is 0 Å². The van der Waals surface area contributed by atoms with E-state index < -0.39 is 11.7 Å². The molecular weight excluding hydrogens is 245 g/mol. The number of hydrogen-bond donors (Lipinski definition) is 1. The summed E-state index contributed by atoms with van der Waals surface area (Å²) in [6, 6.07) is 4.51. The van der Waals surface area contributed by atoms with Crippen LogP contribution in [0, 0.1) is 18.2 Å². The van der Waals surface area contributed by atoms with Crippen LogP contribution in [-0.4, -0.2) is 43.5 Å². The van der Waals surface area contributed by atoms with E-state index in [1.807, 2.05) is 0 Å². The largest absolute Gasteiger partial charge is 0.369 e. The number of nitrogens with zero attached hydrogens (tertiary/aromatic N) is 2. The van der Waals surface area contributed by atoms with Gasteiger partial charge >= 0.3 is 0 Å². The molecule has 1 aliphatic rings. The lowest BCUT2D eigenvalue weighted by molar-refractivity contribution is 0.0996. The summed E-state index contributed by atoms with van der Waals surface area (Å²) in [6.45, 7) is 3.92. The minimum atomic E-state index is -0.747. The molecule has 0 unspecified atom stereocenters. The van der Waals surface area contributed by atoms with Crippen molar-refractivity contribution in [1.82, 2.24) is 4.90 Å². The van der Waals surface area contributed by atoms with Crippen LogP contribution < -0.4 is 10.6 Å². The second-order valence-electron chi connectivity index (χ2n) is 4.50. The predicted molar refractivity (Wildman–Crippen MR) is 72.4 cm³/mol. The summed E-state index contributed by atoms with van der Waals surface area (Å²) in [5.41, 5.74) is 5.77. The lowest BCUT2D eigenvalue weighted by Gasteiger charge is -2.35. The maximum absolute atomic E-state index is 13.7. The van der Waals surface area contributed by atoms with Crippen LogP contribution in [-0.2, 0) is 0 Å². The average Bonchev–Trinajstić information content (AvgIpc) is 2.39. The Balaban J connectivity index is 2.06. The number of primary amides is 1. The highest BCUT2D eigenvalue weighted by molar-refractivity contribution is 5.93. The van der Waals surface area contributed by atoms with Gasteiger partial charge in [-0.2, -0.15) is 0 Å². The van der Waals surface area contributed by atoms with Crippen LogP contribution in [0.25, 0.3) is 0 Å². The molecule has 1 aromatic carbocycles. The summed E-state index contributed by atoms with van der Waals surface area (Å²) in [5.74, 6) is 1.30. The molecule has 1 heterocycles. The minimum absolute atomic E-state index is 0.0743. The third kappa shape index (κ3) is 3.04. The lowest BCUT2D eigenvalue weighted by Crippen LogP contribution is -2.46. The molecule has 2 N–H and O–H groups in total. The van der Waals surface area contributed by atoms with Crippen molar-refractivity contribution in [1.29, 1.82) is 0 Å². The van der Waals surface area contributed by atoms with Crippen molar-refractivity contribution < 1.29 is 9.18 Å². The van der Waals surface area contributed by atoms with Crippen LogP contribution in [0.5, 0.6) is 0 Å². The molecular formula is C14H16FN3O. The van der Waals surface area contributed by atoms with Crippen LogP contribution in [0.4, 0.5) is 10.1 Å². The number of halogens is 1. The lowest BCUT2D eigenvalue weighted by atomic mass is 10.1. The fourth-order valence-electron chi connectivity index (χ4n) is 2.19. The zero-order valence-corrected chi connectivity index (χ0v) is 10.6. The van der Waals surface area contributed by atoms with Crippen LogP contribution in [0.3, 0.4) is 0 Å². The van der Waals surface area contributed by atoms with E-state index in [-0.39, 0.29) is 5.56 Å². The highest BCUT2D eigenvalue weighted by Gasteiger charge is 2.18. The second-order valence-corrected chi connectivity index (χ2v) is 4.50. The Hall–Kier alpha value is -2.06. The molecule has 0 aromatic heterocycles. The van der Waals surface area contributed by atoms with Gasteiger partial charge in [0.15, 0.2) is 0 Å². The number of anilines is 1. The van der Waals surface area contributed by atoms with E-state index in [1.54, 1.807) is 6.07 Å². The summed E-state index contributed by atoms with van der Waals surface area (Å²) < 4.78 is 13.7. The van der Waals surface area contributed by atoms with E-state index in [0.717, 1.165) is 31.9 Å². The number of terminal acetylenes is 1. The molecule has 19 heavy (non-hydrogen) atoms. The van der Waals surface area contributed by atoms with Gasteiger partial charge in [0, 0.05) is 31.9 Å². The molecule has 1 saturated heterocycles. The van der Waals surface area contributed by atoms with Gasteiger partial charge in [0.05, 0.1) is 12.1 Å². The average molecular weight is 261 g/mol. The maximum Gasteiger partial charge on any atom is 0.251 e. The molecule has 1 amide bonds. The van der Waals surface area contributed by atoms with Crippen molar-refractivity contribution in [3.8, 4) is 12.3 Å². The van der Waals surface area contributed by atoms with Crippen molar-refractivity contribution in [3.05, 3.63) is 29.6 Å². The van der Waals surface area contributed by atoms with E-state index in [4.69, 9.17) is 12.2 Å². The molecule has 4 nitrogen and oxygen atoms in total. The summed E-state index contributed by atoms with van der Waals surface area (Å²) >= 11 is 0. The van der Waals surface area contributed by atoms with Crippen molar-refractivity contribution in [2.45, 2.75) is 0 Å². The first kappa shape index (κ1) is 13.4. The molecule has 0 aliphatic carbocycles. The fourth-order valence-corrected chi connectivity index (χ4v) is 2.19. The van der Waals surface area contributed by atoms with E-state index in [2.05, 4.69) is 15.7 Å². The zero-order valence-electron chi connectivity index (χ0n) is 10.6. The Bertz CT molecular complexity index is 516. The summed E-state index contributed by atoms with van der Waals surface area (Å²) in [4.78, 5) is 15.2. The molecule has 1 aromatic rings. The SMILES string of the molecule is C#CCN1CCN(c2ccc(C(N)=O)c(F)c2)CC1. The Labute approximate surface area is 112 Å². The quantitative estimate of drug-likeness (QED) is 0.814. The van der Waals surface area contributed by atoms with Gasteiger partial charge in [-0.05, 0) is 18.2 Å². The first-order valence-corrected chi connectivity index (χ1v) is 6.12. The van der Waals surface area contributed by atoms with Gasteiger partial charge in [-0.1, -0.05) is 5.92 Å². The highest BCUT2D eigenvalue weighted by Crippen LogP contribution is 2.20. The molecule has 1 aliphatic heterocycles. The number of carbonyl (C=O) groups excluding carboxylic acids is 1. The van der Waals surface area contributed by atoms with E-state index in [1.165, 1.54) is 12.1 Å². The molecule has 0 atom stereocenters. The zero-order chi connectivity index (χ0) is 13.8. The maximum atomic E-state index is 13.7. The Morgan fingerprint density at radius 2 is 2.05 bits per heavy atom. The highest BCUT2D eigenvalue weighted by atomic mass is 19.1. The Morgan fingerprint density at radius 3 is 2.58 bits per heavy atom. The topological polar surface area (TPSA) is 49.6 Å². The molecule has 0 saturated carbocycles. The van der Waals surface area contributed by atoms with Gasteiger partial charge in [-0.15, -0.1) is 6.42 Å². The first-order valence-electron chi connectivity index (χ1n) is 6.12. The third-order valence-electron chi connectivity index (χ3n) is 3.27. The standard InChI is InChI=1S/C14H16FN3O/c1-2-5-17-6-8-18(9-7-17)11-3-4-12(14(16)19)13(15)10-11/h1,3-4,10H,5-9H2,(H2,16,19). The summed E-state index contributed by atoms with van der Waals surface area (Å²) in [7, 11) is 0. The number of benzene rings is 1. The number of hydrogen-bond acceptors (Lipinski definition) is 3. The number of rotatable bonds is 3. The molecule has 100 valence electrons. The molecule has 5 heteroatoms. The van der Waals surface area contributed by atoms with Gasteiger partial charge < -0.3 is 10.6 Å². The smallest absolute Gasteiger partial charge is 0.251 e. The summed E-state index contributed by atoms with van der Waals surface area (Å²) in [5, 5.41) is 0. The number of piperazine rings is 1. The number of carbonyl (C=O) groups is 1. The molecule has 0 radical (unpaired) electrons. The number of amides is 1. The second kappa shape index (κ2) is 5.72. The first-order chi connectivity index (χ1) is 9.11. The van der Waals surface area contributed by atoms with Crippen LogP contribution >= 0.6 is 0 Å². The van der Waals surface area contributed by atoms with Crippen molar-refractivity contribution in [2.24, 2.45) is 5.73 Å². The van der Waals surface area contributed by atoms with E-state index in [9.17, 15) is 9.18 Å². The van der Waals surface area contributed by atoms with Gasteiger partial charge in [-0.3, -0.25) is 9.69 Å². The Kier molecular flexibility index (Phi) is 4.03. The Morgan fingerprint density at radius 1 is 1.37 bits per heavy atom. The van der Waals surface area contributed by atoms with Gasteiger partial charge in [0.25, 0.3) is 5.91 Å². The van der Waals surface area contributed by atoms with Crippen molar-refractivity contribution >= 4 is 11.6 Å². The minimum Gasteiger partial charge on any atom is -0.369 e.